The summed E-state index contributed by atoms with van der Waals surface area (Å²) in [7, 11) is -3.66. The van der Waals surface area contributed by atoms with Gasteiger partial charge in [-0.05, 0) is 48.6 Å². The molecule has 9 nitrogen and oxygen atoms in total. The number of anilines is 1. The van der Waals surface area contributed by atoms with Crippen molar-refractivity contribution >= 4 is 17.3 Å². The maximum absolute atomic E-state index is 13.4. The van der Waals surface area contributed by atoms with Gasteiger partial charge in [-0.25, -0.2) is 23.4 Å². The number of carbonyl (C=O) groups is 1. The largest absolute Gasteiger partial charge is 0.465 e. The molecular formula is C31H29ClF6N2O7. The number of fused-ring (bicyclic) bond motifs is 4. The molecule has 3 aromatic rings. The van der Waals surface area contributed by atoms with E-state index in [4.69, 9.17) is 28.1 Å². The smallest absolute Gasteiger partial charge is 0.438 e. The zero-order valence-electron chi connectivity index (χ0n) is 24.8. The van der Waals surface area contributed by atoms with Crippen molar-refractivity contribution in [3.63, 3.8) is 0 Å². The number of quaternary nitrogens is 1. The minimum Gasteiger partial charge on any atom is -0.465 e. The Hall–Kier alpha value is -3.60. The fourth-order valence-electron chi connectivity index (χ4n) is 6.61. The number of esters is 1. The van der Waals surface area contributed by atoms with Crippen molar-refractivity contribution in [2.24, 2.45) is 0 Å². The van der Waals surface area contributed by atoms with Crippen molar-refractivity contribution in [3.05, 3.63) is 81.9 Å². The van der Waals surface area contributed by atoms with E-state index in [1.165, 1.54) is 12.0 Å². The predicted octanol–water partition coefficient (Wildman–Crippen LogP) is 1.34. The minimum absolute atomic E-state index is 0.236. The zero-order valence-corrected chi connectivity index (χ0v) is 25.6. The van der Waals surface area contributed by atoms with Gasteiger partial charge in [-0.2, -0.15) is 26.3 Å². The lowest BCUT2D eigenvalue weighted by molar-refractivity contribution is -2.00. The van der Waals surface area contributed by atoms with E-state index in [1.807, 2.05) is 12.1 Å². The Kier molecular flexibility index (Phi) is 9.70. The van der Waals surface area contributed by atoms with Crippen molar-refractivity contribution in [3.8, 4) is 11.5 Å². The van der Waals surface area contributed by atoms with Crippen LogP contribution in [-0.2, 0) is 17.6 Å². The first-order valence-electron chi connectivity index (χ1n) is 14.5. The van der Waals surface area contributed by atoms with Crippen molar-refractivity contribution in [1.82, 2.24) is 0 Å². The Morgan fingerprint density at radius 1 is 0.915 bits per heavy atom. The van der Waals surface area contributed by atoms with E-state index in [-0.39, 0.29) is 11.4 Å². The van der Waals surface area contributed by atoms with Gasteiger partial charge in [0.2, 0.25) is 0 Å². The molecule has 3 aromatic carbocycles. The molecule has 0 saturated heterocycles. The van der Waals surface area contributed by atoms with Crippen molar-refractivity contribution < 1.29 is 74.4 Å². The van der Waals surface area contributed by atoms with Crippen LogP contribution >= 0.6 is 0 Å². The lowest BCUT2D eigenvalue weighted by atomic mass is 9.78. The fourth-order valence-corrected chi connectivity index (χ4v) is 6.61. The van der Waals surface area contributed by atoms with Crippen molar-refractivity contribution in [2.75, 3.05) is 38.2 Å². The Morgan fingerprint density at radius 3 is 2.17 bits per heavy atom. The molecule has 0 bridgehead atoms. The molecule has 0 fully saturated rings. The van der Waals surface area contributed by atoms with Gasteiger partial charge >= 0.3 is 18.3 Å². The van der Waals surface area contributed by atoms with Crippen LogP contribution in [0.1, 0.15) is 56.9 Å². The van der Waals surface area contributed by atoms with Crippen molar-refractivity contribution in [1.29, 1.82) is 0 Å². The number of methoxy groups -OCH3 is 1. The van der Waals surface area contributed by atoms with Gasteiger partial charge in [0.15, 0.2) is 6.54 Å². The summed E-state index contributed by atoms with van der Waals surface area (Å²) in [5.41, 5.74) is 4.75. The van der Waals surface area contributed by atoms with Gasteiger partial charge < -0.3 is 14.4 Å². The average Bonchev–Trinajstić information content (AvgIpc) is 2.96. The molecule has 0 aromatic heterocycles. The minimum atomic E-state index is -4.94. The molecule has 3 aliphatic heterocycles. The number of alkyl halides is 6. The Morgan fingerprint density at radius 2 is 1.53 bits per heavy atom. The first-order valence-corrected chi connectivity index (χ1v) is 15.7. The molecule has 2 unspecified atom stereocenters. The molecule has 16 heteroatoms. The van der Waals surface area contributed by atoms with Crippen LogP contribution in [0.4, 0.5) is 37.7 Å². The van der Waals surface area contributed by atoms with Gasteiger partial charge in [-0.3, -0.25) is 4.90 Å². The Bertz CT molecular complexity index is 1550. The standard InChI is InChI=1S/C31H28F6N2O3.ClHO4/c1-41-29(40)21-9-3-2-8-20(21)28-22-12-18-6-4-10-38(16-30(32,33)34)24(18)14-26(22)42-27-15-25-19(13-23(27)28)7-5-11-39(25)17-31(35,36)37;2-1(3,4)5/h2-3,8-9,12-15,28H,4-7,10-11,16-17H2,1H3;(H,2,3,4,5). The number of hydrogen-bond acceptors (Lipinski definition) is 8. The average molecular weight is 691 g/mol. The van der Waals surface area contributed by atoms with Crippen LogP contribution < -0.4 is 33.2 Å². The molecule has 0 spiro atoms. The van der Waals surface area contributed by atoms with Crippen LogP contribution in [0.5, 0.6) is 11.5 Å². The molecule has 0 saturated carbocycles. The van der Waals surface area contributed by atoms with Crippen molar-refractivity contribution in [2.45, 2.75) is 44.0 Å². The SMILES string of the molecule is COC(=O)c1ccccc1C1c2cc3c(cc2Oc2cc4c(cc21)CCC[NH+]4CC(F)(F)F)N(CC(F)(F)F)CCC3.[O-][Cl+3]([O-])([O-])[O-]. The van der Waals surface area contributed by atoms with Crippen LogP contribution in [0, 0.1) is 10.2 Å². The topological polar surface area (TPSA) is 135 Å². The highest BCUT2D eigenvalue weighted by molar-refractivity contribution is 5.92. The second kappa shape index (κ2) is 13.1. The first-order chi connectivity index (χ1) is 21.9. The monoisotopic (exact) mass is 690 g/mol. The summed E-state index contributed by atoms with van der Waals surface area (Å²) in [6.07, 6.45) is -6.46. The molecule has 0 radical (unpaired) electrons. The molecule has 1 N–H and O–H groups in total. The van der Waals surface area contributed by atoms with Gasteiger partial charge in [-0.1, -0.05) is 18.2 Å². The molecule has 3 aliphatic rings. The molecule has 6 rings (SSSR count). The van der Waals surface area contributed by atoms with E-state index in [1.54, 1.807) is 36.4 Å². The number of aryl methyl sites for hydroxylation is 2. The summed E-state index contributed by atoms with van der Waals surface area (Å²) in [5.74, 6) is -0.465. The second-order valence-corrected chi connectivity index (χ2v) is 12.2. The maximum atomic E-state index is 13.4. The van der Waals surface area contributed by atoms with Gasteiger partial charge in [0.25, 0.3) is 0 Å². The van der Waals surface area contributed by atoms with Gasteiger partial charge in [0.05, 0.1) is 19.2 Å². The number of benzene rings is 3. The fraction of sp³-hybridized carbons (Fsp3) is 0.387. The summed E-state index contributed by atoms with van der Waals surface area (Å²) in [4.78, 5) is 14.4. The summed E-state index contributed by atoms with van der Waals surface area (Å²) < 4.78 is 126. The third-order valence-electron chi connectivity index (χ3n) is 8.27. The highest BCUT2D eigenvalue weighted by Gasteiger charge is 2.40. The lowest BCUT2D eigenvalue weighted by Crippen LogP contribution is -3.09. The van der Waals surface area contributed by atoms with Crippen LogP contribution in [0.25, 0.3) is 0 Å². The number of rotatable bonds is 4. The first kappa shape index (κ1) is 34.7. The summed E-state index contributed by atoms with van der Waals surface area (Å²) in [5, 5.41) is 0. The number of ether oxygens (including phenoxy) is 2. The van der Waals surface area contributed by atoms with Gasteiger partial charge in [-0.15, -0.1) is 10.2 Å². The predicted molar refractivity (Wildman–Crippen MR) is 143 cm³/mol. The molecule has 0 amide bonds. The molecule has 0 aliphatic carbocycles. The highest BCUT2D eigenvalue weighted by atomic mass is 35.7. The van der Waals surface area contributed by atoms with E-state index < -0.39 is 47.6 Å². The zero-order chi connectivity index (χ0) is 34.3. The molecule has 2 atom stereocenters. The number of carbonyl (C=O) groups excluding carboxylic acids is 1. The normalized spacial score (nSPS) is 18.8. The number of halogens is 7. The van der Waals surface area contributed by atoms with Crippen LogP contribution in [0.15, 0.2) is 48.5 Å². The van der Waals surface area contributed by atoms with E-state index in [0.717, 1.165) is 11.1 Å². The molecular weight excluding hydrogens is 662 g/mol. The Labute approximate surface area is 267 Å². The van der Waals surface area contributed by atoms with E-state index in [2.05, 4.69) is 0 Å². The van der Waals surface area contributed by atoms with E-state index in [0.29, 0.717) is 77.4 Å². The summed E-state index contributed by atoms with van der Waals surface area (Å²) in [6, 6.07) is 13.9. The number of nitrogens with one attached hydrogen (secondary N) is 1. The van der Waals surface area contributed by atoms with E-state index >= 15 is 0 Å². The van der Waals surface area contributed by atoms with Crippen LogP contribution in [0.3, 0.4) is 0 Å². The maximum Gasteiger partial charge on any atom is 0.438 e. The summed E-state index contributed by atoms with van der Waals surface area (Å²) in [6.45, 7) is -1.58. The lowest BCUT2D eigenvalue weighted by Gasteiger charge is -2.36. The Balaban J connectivity index is 0.000000807. The quantitative estimate of drug-likeness (QED) is 0.251. The molecule has 47 heavy (non-hydrogen) atoms. The summed E-state index contributed by atoms with van der Waals surface area (Å²) >= 11 is 0. The number of hydrogen-bond donors (Lipinski definition) is 1. The van der Waals surface area contributed by atoms with Gasteiger partial charge in [0.1, 0.15) is 23.7 Å². The third-order valence-corrected chi connectivity index (χ3v) is 8.27. The third kappa shape index (κ3) is 8.28. The molecule has 3 heterocycles. The van der Waals surface area contributed by atoms with Crippen LogP contribution in [0.2, 0.25) is 0 Å². The number of nitrogens with zero attached hydrogens (tertiary/aromatic N) is 1. The highest BCUT2D eigenvalue weighted by Crippen LogP contribution is 2.52. The van der Waals surface area contributed by atoms with Gasteiger partial charge in [0, 0.05) is 53.4 Å². The van der Waals surface area contributed by atoms with E-state index in [9.17, 15) is 31.1 Å². The molecule has 254 valence electrons. The van der Waals surface area contributed by atoms with Crippen LogP contribution in [-0.4, -0.2) is 51.6 Å². The second-order valence-electron chi connectivity index (χ2n) is 11.4.